The molecule has 1 rings (SSSR count). The van der Waals surface area contributed by atoms with E-state index < -0.39 is 11.7 Å². The van der Waals surface area contributed by atoms with Crippen LogP contribution < -0.4 is 0 Å². The van der Waals surface area contributed by atoms with Crippen molar-refractivity contribution in [3.8, 4) is 0 Å². The predicted molar refractivity (Wildman–Crippen MR) is 60.2 cm³/mol. The summed E-state index contributed by atoms with van der Waals surface area (Å²) < 4.78 is 17.7. The van der Waals surface area contributed by atoms with Crippen molar-refractivity contribution >= 4 is 12.3 Å². The molecule has 0 saturated carbocycles. The van der Waals surface area contributed by atoms with Gasteiger partial charge in [-0.25, -0.2) is 9.18 Å². The summed E-state index contributed by atoms with van der Waals surface area (Å²) in [5.41, 5.74) is -0.0537. The normalized spacial score (nSPS) is 11.8. The van der Waals surface area contributed by atoms with Crippen molar-refractivity contribution in [2.75, 3.05) is 0 Å². The molecule has 1 aromatic rings. The molecule has 0 heterocycles. The number of aliphatic imine (C=N–C) groups is 1. The molecule has 0 aliphatic heterocycles. The predicted octanol–water partition coefficient (Wildman–Crippen LogP) is 3.18. The summed E-state index contributed by atoms with van der Waals surface area (Å²) >= 11 is 0. The Hall–Kier alpha value is -1.71. The van der Waals surface area contributed by atoms with E-state index in [1.54, 1.807) is 32.9 Å². The van der Waals surface area contributed by atoms with Crippen LogP contribution in [0.15, 0.2) is 29.3 Å². The highest BCUT2D eigenvalue weighted by Gasteiger charge is 2.14. The SMILES string of the molecule is CC(C)(C)OC(=O)N=Cc1cccc(F)c1. The van der Waals surface area contributed by atoms with Gasteiger partial charge in [-0.2, -0.15) is 4.99 Å². The molecule has 86 valence electrons. The molecule has 0 N–H and O–H groups in total. The average molecular weight is 223 g/mol. The highest BCUT2D eigenvalue weighted by molar-refractivity contribution is 5.88. The van der Waals surface area contributed by atoms with Crippen LogP contribution in [0.5, 0.6) is 0 Å². The van der Waals surface area contributed by atoms with Crippen molar-refractivity contribution in [2.24, 2.45) is 4.99 Å². The maximum Gasteiger partial charge on any atom is 0.434 e. The average Bonchev–Trinajstić information content (AvgIpc) is 2.12. The lowest BCUT2D eigenvalue weighted by Crippen LogP contribution is -2.21. The third kappa shape index (κ3) is 4.68. The summed E-state index contributed by atoms with van der Waals surface area (Å²) in [7, 11) is 0. The Balaban J connectivity index is 2.64. The van der Waals surface area contributed by atoms with Gasteiger partial charge in [0.25, 0.3) is 0 Å². The minimum absolute atomic E-state index is 0.367. The number of nitrogens with zero attached hydrogens (tertiary/aromatic N) is 1. The molecule has 16 heavy (non-hydrogen) atoms. The van der Waals surface area contributed by atoms with Crippen LogP contribution in [0.25, 0.3) is 0 Å². The van der Waals surface area contributed by atoms with E-state index in [2.05, 4.69) is 4.99 Å². The largest absolute Gasteiger partial charge is 0.442 e. The van der Waals surface area contributed by atoms with Crippen molar-refractivity contribution in [3.63, 3.8) is 0 Å². The van der Waals surface area contributed by atoms with Gasteiger partial charge in [0.1, 0.15) is 11.4 Å². The first-order valence-corrected chi connectivity index (χ1v) is 4.89. The van der Waals surface area contributed by atoms with Gasteiger partial charge in [0.2, 0.25) is 0 Å². The summed E-state index contributed by atoms with van der Waals surface area (Å²) in [6.45, 7) is 5.26. The Morgan fingerprint density at radius 3 is 2.69 bits per heavy atom. The van der Waals surface area contributed by atoms with Gasteiger partial charge in [0, 0.05) is 6.21 Å². The van der Waals surface area contributed by atoms with Crippen molar-refractivity contribution < 1.29 is 13.9 Å². The molecule has 0 aromatic heterocycles. The Morgan fingerprint density at radius 2 is 2.12 bits per heavy atom. The minimum Gasteiger partial charge on any atom is -0.442 e. The number of carbonyl (C=O) groups excluding carboxylic acids is 1. The zero-order chi connectivity index (χ0) is 12.2. The van der Waals surface area contributed by atoms with E-state index in [9.17, 15) is 9.18 Å². The molecule has 0 unspecified atom stereocenters. The molecule has 0 bridgehead atoms. The smallest absolute Gasteiger partial charge is 0.434 e. The molecule has 0 fully saturated rings. The van der Waals surface area contributed by atoms with Gasteiger partial charge >= 0.3 is 6.09 Å². The summed E-state index contributed by atoms with van der Waals surface area (Å²) in [4.78, 5) is 14.8. The van der Waals surface area contributed by atoms with Crippen LogP contribution in [-0.4, -0.2) is 17.9 Å². The fourth-order valence-electron chi connectivity index (χ4n) is 1.00. The Kier molecular flexibility index (Phi) is 3.77. The number of rotatable bonds is 1. The van der Waals surface area contributed by atoms with Crippen LogP contribution in [0, 0.1) is 5.82 Å². The number of amides is 1. The lowest BCUT2D eigenvalue weighted by molar-refractivity contribution is 0.0605. The fraction of sp³-hybridized carbons (Fsp3) is 0.333. The fourth-order valence-corrected chi connectivity index (χ4v) is 1.00. The van der Waals surface area contributed by atoms with Crippen molar-refractivity contribution in [1.82, 2.24) is 0 Å². The van der Waals surface area contributed by atoms with Crippen LogP contribution in [-0.2, 0) is 4.74 Å². The van der Waals surface area contributed by atoms with Crippen LogP contribution in [0.2, 0.25) is 0 Å². The first-order chi connectivity index (χ1) is 7.37. The molecule has 0 saturated heterocycles. The number of benzene rings is 1. The maximum atomic E-state index is 12.8. The molecule has 4 heteroatoms. The van der Waals surface area contributed by atoms with Gasteiger partial charge in [0.15, 0.2) is 0 Å². The lowest BCUT2D eigenvalue weighted by Gasteiger charge is -2.17. The molecule has 1 aromatic carbocycles. The van der Waals surface area contributed by atoms with Gasteiger partial charge < -0.3 is 4.74 Å². The van der Waals surface area contributed by atoms with E-state index >= 15 is 0 Å². The van der Waals surface area contributed by atoms with Crippen molar-refractivity contribution in [1.29, 1.82) is 0 Å². The lowest BCUT2D eigenvalue weighted by atomic mass is 10.2. The van der Waals surface area contributed by atoms with Crippen molar-refractivity contribution in [2.45, 2.75) is 26.4 Å². The van der Waals surface area contributed by atoms with E-state index in [4.69, 9.17) is 4.74 Å². The van der Waals surface area contributed by atoms with Gasteiger partial charge in [-0.15, -0.1) is 0 Å². The maximum absolute atomic E-state index is 12.8. The third-order valence-electron chi connectivity index (χ3n) is 1.56. The number of hydrogen-bond donors (Lipinski definition) is 0. The minimum atomic E-state index is -0.684. The molecule has 0 aliphatic carbocycles. The zero-order valence-electron chi connectivity index (χ0n) is 9.53. The van der Waals surface area contributed by atoms with E-state index in [0.717, 1.165) is 0 Å². The van der Waals surface area contributed by atoms with Gasteiger partial charge in [-0.05, 0) is 38.5 Å². The van der Waals surface area contributed by atoms with Crippen molar-refractivity contribution in [3.05, 3.63) is 35.6 Å². The molecular formula is C12H14FNO2. The number of hydrogen-bond acceptors (Lipinski definition) is 2. The molecule has 0 aliphatic rings. The summed E-state index contributed by atoms with van der Waals surface area (Å²) in [5, 5.41) is 0. The van der Waals surface area contributed by atoms with E-state index in [-0.39, 0.29) is 5.82 Å². The second-order valence-electron chi connectivity index (χ2n) is 4.29. The van der Waals surface area contributed by atoms with E-state index in [0.29, 0.717) is 5.56 Å². The number of carbonyl (C=O) groups is 1. The Morgan fingerprint density at radius 1 is 1.44 bits per heavy atom. The quantitative estimate of drug-likeness (QED) is 0.686. The standard InChI is InChI=1S/C12H14FNO2/c1-12(2,3)16-11(15)14-8-9-5-4-6-10(13)7-9/h4-8H,1-3H3. The topological polar surface area (TPSA) is 38.7 Å². The Labute approximate surface area is 94.0 Å². The summed E-state index contributed by atoms with van der Waals surface area (Å²) in [6.07, 6.45) is 0.591. The third-order valence-corrected chi connectivity index (χ3v) is 1.56. The zero-order valence-corrected chi connectivity index (χ0v) is 9.53. The highest BCUT2D eigenvalue weighted by Crippen LogP contribution is 2.08. The molecule has 1 amide bonds. The van der Waals surface area contributed by atoms with E-state index in [1.165, 1.54) is 18.3 Å². The molecule has 0 spiro atoms. The molecule has 0 radical (unpaired) electrons. The molecular weight excluding hydrogens is 209 g/mol. The van der Waals surface area contributed by atoms with Crippen LogP contribution in [0.1, 0.15) is 26.3 Å². The number of halogens is 1. The first-order valence-electron chi connectivity index (χ1n) is 4.89. The van der Waals surface area contributed by atoms with Crippen LogP contribution >= 0.6 is 0 Å². The summed E-state index contributed by atoms with van der Waals surface area (Å²) in [6, 6.07) is 5.81. The second kappa shape index (κ2) is 4.88. The summed E-state index contributed by atoms with van der Waals surface area (Å²) in [5.74, 6) is -0.367. The van der Waals surface area contributed by atoms with Crippen LogP contribution in [0.3, 0.4) is 0 Å². The van der Waals surface area contributed by atoms with Crippen LogP contribution in [0.4, 0.5) is 9.18 Å². The molecule has 3 nitrogen and oxygen atoms in total. The second-order valence-corrected chi connectivity index (χ2v) is 4.29. The number of ether oxygens (including phenoxy) is 1. The van der Waals surface area contributed by atoms with E-state index in [1.807, 2.05) is 0 Å². The Bertz CT molecular complexity index is 408. The van der Waals surface area contributed by atoms with Gasteiger partial charge in [0.05, 0.1) is 0 Å². The monoisotopic (exact) mass is 223 g/mol. The molecule has 0 atom stereocenters. The highest BCUT2D eigenvalue weighted by atomic mass is 19.1. The van der Waals surface area contributed by atoms with Gasteiger partial charge in [-0.1, -0.05) is 12.1 Å². The van der Waals surface area contributed by atoms with Gasteiger partial charge in [-0.3, -0.25) is 0 Å². The first kappa shape index (κ1) is 12.4.